The number of rotatable bonds is 9. The van der Waals surface area contributed by atoms with Crippen LogP contribution in [0, 0.1) is 5.41 Å². The van der Waals surface area contributed by atoms with E-state index < -0.39 is 65.9 Å². The highest BCUT2D eigenvalue weighted by Gasteiger charge is 2.58. The molecular formula is C13H19F5O7S2. The number of carbonyl (C=O) groups is 2. The second kappa shape index (κ2) is 7.97. The fourth-order valence-electron chi connectivity index (χ4n) is 1.54. The monoisotopic (exact) mass is 446 g/mol. The molecule has 27 heavy (non-hydrogen) atoms. The van der Waals surface area contributed by atoms with Crippen LogP contribution in [0.15, 0.2) is 0 Å². The van der Waals surface area contributed by atoms with E-state index in [0.717, 1.165) is 0 Å². The van der Waals surface area contributed by atoms with Crippen LogP contribution in [0.2, 0.25) is 0 Å². The average Bonchev–Trinajstić information content (AvgIpc) is 2.47. The summed E-state index contributed by atoms with van der Waals surface area (Å²) in [6.45, 7) is 2.77. The Morgan fingerprint density at radius 2 is 1.44 bits per heavy atom. The Balaban J connectivity index is 5.57. The molecule has 0 spiro atoms. The summed E-state index contributed by atoms with van der Waals surface area (Å²) in [4.78, 5) is 23.2. The van der Waals surface area contributed by atoms with Crippen LogP contribution in [0.3, 0.4) is 0 Å². The average molecular weight is 446 g/mol. The van der Waals surface area contributed by atoms with Gasteiger partial charge >= 0.3 is 17.4 Å². The molecule has 0 bridgehead atoms. The molecule has 0 amide bonds. The number of hydrogen-bond donors (Lipinski definition) is 0. The molecule has 0 N–H and O–H groups in total. The molecule has 0 aromatic rings. The maximum atomic E-state index is 13.9. The first-order valence-corrected chi connectivity index (χ1v) is 10.8. The third kappa shape index (κ3) is 6.36. The minimum absolute atomic E-state index is 0.0192. The van der Waals surface area contributed by atoms with Crippen molar-refractivity contribution in [3.8, 4) is 0 Å². The molecule has 0 aliphatic carbocycles. The van der Waals surface area contributed by atoms with E-state index in [0.29, 0.717) is 0 Å². The van der Waals surface area contributed by atoms with E-state index in [1.165, 1.54) is 13.8 Å². The highest BCUT2D eigenvalue weighted by Crippen LogP contribution is 2.35. The summed E-state index contributed by atoms with van der Waals surface area (Å²) >= 11 is 0. The van der Waals surface area contributed by atoms with Gasteiger partial charge in [0.2, 0.25) is 5.78 Å². The Hall–Kier alpha value is -1.31. The number of esters is 1. The van der Waals surface area contributed by atoms with Crippen molar-refractivity contribution in [3.63, 3.8) is 0 Å². The lowest BCUT2D eigenvalue weighted by Gasteiger charge is -2.23. The number of sulfone groups is 2. The van der Waals surface area contributed by atoms with Gasteiger partial charge in [0.1, 0.15) is 0 Å². The van der Waals surface area contributed by atoms with E-state index in [9.17, 15) is 48.4 Å². The number of ether oxygens (including phenoxy) is 1. The fourth-order valence-corrected chi connectivity index (χ4v) is 4.95. The molecule has 1 unspecified atom stereocenters. The lowest BCUT2D eigenvalue weighted by molar-refractivity contribution is -0.163. The molecule has 0 fully saturated rings. The normalized spacial score (nSPS) is 15.3. The van der Waals surface area contributed by atoms with Gasteiger partial charge in [-0.1, -0.05) is 6.92 Å². The van der Waals surface area contributed by atoms with Gasteiger partial charge in [0.15, 0.2) is 21.0 Å². The van der Waals surface area contributed by atoms with Gasteiger partial charge in [-0.05, 0) is 20.3 Å². The largest absolute Gasteiger partial charge is 0.498 e. The number of ketones is 1. The predicted octanol–water partition coefficient (Wildman–Crippen LogP) is 1.87. The van der Waals surface area contributed by atoms with Crippen LogP contribution >= 0.6 is 0 Å². The summed E-state index contributed by atoms with van der Waals surface area (Å²) < 4.78 is 112. The molecule has 0 heterocycles. The molecule has 1 atom stereocenters. The van der Waals surface area contributed by atoms with Gasteiger partial charge in [-0.3, -0.25) is 9.59 Å². The Morgan fingerprint density at radius 3 is 1.78 bits per heavy atom. The first-order chi connectivity index (χ1) is 11.7. The van der Waals surface area contributed by atoms with E-state index in [4.69, 9.17) is 0 Å². The van der Waals surface area contributed by atoms with E-state index in [-0.39, 0.29) is 12.7 Å². The fraction of sp³-hybridized carbons (Fsp3) is 0.846. The van der Waals surface area contributed by atoms with Gasteiger partial charge in [0.25, 0.3) is 9.84 Å². The lowest BCUT2D eigenvalue weighted by atomic mass is 9.91. The Kier molecular flexibility index (Phi) is 7.59. The van der Waals surface area contributed by atoms with Crippen LogP contribution in [0.5, 0.6) is 0 Å². The Labute approximate surface area is 153 Å². The van der Waals surface area contributed by atoms with Crippen LogP contribution in [0.25, 0.3) is 0 Å². The van der Waals surface area contributed by atoms with Crippen molar-refractivity contribution >= 4 is 31.4 Å². The summed E-state index contributed by atoms with van der Waals surface area (Å²) in [6.07, 6.45) is -2.22. The number of hydrogen-bond acceptors (Lipinski definition) is 7. The molecule has 0 rings (SSSR count). The SMILES string of the molecule is CCC(C)(C)C(=O)OCC(=O)C(F)(F)CC(S(C)(=O)=O)S(=O)(=O)C(F)(F)F. The van der Waals surface area contributed by atoms with Gasteiger partial charge in [0, 0.05) is 6.26 Å². The van der Waals surface area contributed by atoms with Gasteiger partial charge < -0.3 is 4.74 Å². The minimum Gasteiger partial charge on any atom is -0.457 e. The molecule has 0 aromatic carbocycles. The summed E-state index contributed by atoms with van der Waals surface area (Å²) in [6, 6.07) is 0. The summed E-state index contributed by atoms with van der Waals surface area (Å²) in [7, 11) is -11.7. The summed E-state index contributed by atoms with van der Waals surface area (Å²) in [5.41, 5.74) is -7.26. The van der Waals surface area contributed by atoms with Crippen LogP contribution in [-0.4, -0.2) is 57.5 Å². The van der Waals surface area contributed by atoms with Crippen LogP contribution in [-0.2, 0) is 34.0 Å². The smallest absolute Gasteiger partial charge is 0.457 e. The van der Waals surface area contributed by atoms with Crippen molar-refractivity contribution in [1.82, 2.24) is 0 Å². The van der Waals surface area contributed by atoms with Crippen LogP contribution in [0.4, 0.5) is 22.0 Å². The van der Waals surface area contributed by atoms with Gasteiger partial charge in [-0.2, -0.15) is 22.0 Å². The Bertz CT molecular complexity index is 782. The van der Waals surface area contributed by atoms with Gasteiger partial charge in [0.05, 0.1) is 11.8 Å². The molecule has 0 aromatic heterocycles. The van der Waals surface area contributed by atoms with Gasteiger partial charge in [-0.15, -0.1) is 0 Å². The topological polar surface area (TPSA) is 112 Å². The first-order valence-electron chi connectivity index (χ1n) is 7.27. The highest BCUT2D eigenvalue weighted by atomic mass is 32.3. The van der Waals surface area contributed by atoms with E-state index in [2.05, 4.69) is 4.74 Å². The molecule has 0 saturated carbocycles. The van der Waals surface area contributed by atoms with E-state index >= 15 is 0 Å². The van der Waals surface area contributed by atoms with Crippen molar-refractivity contribution in [1.29, 1.82) is 0 Å². The molecular weight excluding hydrogens is 427 g/mol. The third-order valence-electron chi connectivity index (χ3n) is 3.75. The van der Waals surface area contributed by atoms with Crippen LogP contribution < -0.4 is 0 Å². The van der Waals surface area contributed by atoms with E-state index in [1.807, 2.05) is 0 Å². The lowest BCUT2D eigenvalue weighted by Crippen LogP contribution is -2.45. The molecule has 0 aliphatic rings. The second-order valence-electron chi connectivity index (χ2n) is 6.40. The van der Waals surface area contributed by atoms with Crippen molar-refractivity contribution in [3.05, 3.63) is 0 Å². The maximum absolute atomic E-state index is 13.9. The predicted molar refractivity (Wildman–Crippen MR) is 83.2 cm³/mol. The van der Waals surface area contributed by atoms with Gasteiger partial charge in [-0.25, -0.2) is 16.8 Å². The van der Waals surface area contributed by atoms with Crippen molar-refractivity contribution in [2.75, 3.05) is 12.9 Å². The summed E-state index contributed by atoms with van der Waals surface area (Å²) in [5.74, 6) is -8.08. The maximum Gasteiger partial charge on any atom is 0.498 e. The van der Waals surface area contributed by atoms with Crippen molar-refractivity contribution in [2.45, 2.75) is 49.6 Å². The third-order valence-corrected chi connectivity index (χ3v) is 8.18. The minimum atomic E-state index is -6.55. The molecule has 0 saturated heterocycles. The molecule has 14 heteroatoms. The highest BCUT2D eigenvalue weighted by molar-refractivity contribution is 8.09. The first kappa shape index (κ1) is 25.7. The standard InChI is InChI=1S/C13H19F5O7S2/c1-5-11(2,3)10(20)25-7-8(19)12(14,15)6-9(26(4,21)22)27(23,24)13(16,17)18/h9H,5-7H2,1-4H3. The molecule has 7 nitrogen and oxygen atoms in total. The zero-order chi connectivity index (χ0) is 22.1. The summed E-state index contributed by atoms with van der Waals surface area (Å²) in [5, 5.41) is 0. The zero-order valence-electron chi connectivity index (χ0n) is 14.8. The second-order valence-corrected chi connectivity index (χ2v) is 11.0. The Morgan fingerprint density at radius 1 is 1.00 bits per heavy atom. The molecule has 0 aliphatic heterocycles. The number of Topliss-reactive ketones (excluding diaryl/α,β-unsaturated/α-hetero) is 1. The van der Waals surface area contributed by atoms with E-state index in [1.54, 1.807) is 6.92 Å². The number of carbonyl (C=O) groups excluding carboxylic acids is 2. The number of halogens is 5. The zero-order valence-corrected chi connectivity index (χ0v) is 16.4. The quantitative estimate of drug-likeness (QED) is 0.393. The molecule has 0 radical (unpaired) electrons. The molecule has 160 valence electrons. The van der Waals surface area contributed by atoms with Crippen molar-refractivity contribution < 1.29 is 53.1 Å². The van der Waals surface area contributed by atoms with Crippen molar-refractivity contribution in [2.24, 2.45) is 5.41 Å². The van der Waals surface area contributed by atoms with Crippen LogP contribution in [0.1, 0.15) is 33.6 Å². The number of alkyl halides is 5.